The highest BCUT2D eigenvalue weighted by Gasteiger charge is 2.53. The minimum atomic E-state index is -1.27. The first-order valence-electron chi connectivity index (χ1n) is 12.2. The molecule has 0 amide bonds. The lowest BCUT2D eigenvalue weighted by Gasteiger charge is -2.53. The number of hydrogen-bond acceptors (Lipinski definition) is 5. The topological polar surface area (TPSA) is 101 Å². The van der Waals surface area contributed by atoms with Gasteiger partial charge in [0.25, 0.3) is 5.56 Å². The first-order valence-corrected chi connectivity index (χ1v) is 12.2. The molecule has 0 radical (unpaired) electrons. The third kappa shape index (κ3) is 3.12. The van der Waals surface area contributed by atoms with E-state index in [1.807, 2.05) is 18.2 Å². The standard InChI is InChI=1S/C25H32N4O3/c26-25-9-8-17(29(25)18-11-15-4-3-5-16(10-15)12-18)13-19(14-25)28-21-7-2-1-6-20(21)27-22(23(28)30)24(31)32/h1-2,6-7,15-19H,3-5,8-14,26H2,(H,31,32)/t15?,16?,17-,18?,19+,25+/m0/s1. The van der Waals surface area contributed by atoms with E-state index in [0.717, 1.165) is 31.1 Å². The molecule has 7 nitrogen and oxygen atoms in total. The van der Waals surface area contributed by atoms with Crippen LogP contribution in [-0.4, -0.2) is 43.3 Å². The third-order valence-corrected chi connectivity index (χ3v) is 8.81. The van der Waals surface area contributed by atoms with Crippen LogP contribution in [0.3, 0.4) is 0 Å². The van der Waals surface area contributed by atoms with Crippen molar-refractivity contribution in [3.63, 3.8) is 0 Å². The SMILES string of the molecule is N[C@@]12CC[C@@H](C[C@@H](n3c(=O)c(C(=O)O)nc4ccccc43)C1)N2C1CC2CCCC(C2)C1. The van der Waals surface area contributed by atoms with Gasteiger partial charge in [0.1, 0.15) is 0 Å². The Morgan fingerprint density at radius 1 is 1.03 bits per heavy atom. The van der Waals surface area contributed by atoms with Crippen molar-refractivity contribution in [2.75, 3.05) is 0 Å². The van der Waals surface area contributed by atoms with Crippen LogP contribution in [0.25, 0.3) is 11.0 Å². The van der Waals surface area contributed by atoms with Gasteiger partial charge in [0.15, 0.2) is 0 Å². The Bertz CT molecular complexity index is 1120. The number of benzene rings is 1. The average molecular weight is 437 g/mol. The van der Waals surface area contributed by atoms with Crippen LogP contribution in [0.15, 0.2) is 29.1 Å². The molecule has 3 N–H and O–H groups in total. The maximum atomic E-state index is 13.2. The highest BCUT2D eigenvalue weighted by atomic mass is 16.4. The quantitative estimate of drug-likeness (QED) is 0.763. The molecule has 4 bridgehead atoms. The normalized spacial score (nSPS) is 37.0. The van der Waals surface area contributed by atoms with Gasteiger partial charge in [-0.05, 0) is 68.9 Å². The Morgan fingerprint density at radius 3 is 2.50 bits per heavy atom. The van der Waals surface area contributed by atoms with Crippen LogP contribution in [-0.2, 0) is 0 Å². The largest absolute Gasteiger partial charge is 0.476 e. The third-order valence-electron chi connectivity index (χ3n) is 8.81. The number of rotatable bonds is 3. The summed E-state index contributed by atoms with van der Waals surface area (Å²) in [6.45, 7) is 0. The van der Waals surface area contributed by atoms with Gasteiger partial charge in [-0.15, -0.1) is 0 Å². The number of carbonyl (C=O) groups is 1. The zero-order valence-corrected chi connectivity index (χ0v) is 18.4. The molecule has 170 valence electrons. The molecule has 4 fully saturated rings. The summed E-state index contributed by atoms with van der Waals surface area (Å²) in [5.74, 6) is 0.419. The van der Waals surface area contributed by atoms with Crippen molar-refractivity contribution in [3.8, 4) is 0 Å². The molecule has 4 aliphatic rings. The summed E-state index contributed by atoms with van der Waals surface area (Å²) < 4.78 is 1.69. The fraction of sp³-hybridized carbons (Fsp3) is 0.640. The lowest BCUT2D eigenvalue weighted by atomic mass is 9.69. The second-order valence-electron chi connectivity index (χ2n) is 10.8. The Hall–Kier alpha value is -2.25. The number of para-hydroxylation sites is 2. The van der Waals surface area contributed by atoms with Crippen molar-refractivity contribution >= 4 is 17.0 Å². The van der Waals surface area contributed by atoms with Gasteiger partial charge in [0.05, 0.1) is 16.7 Å². The summed E-state index contributed by atoms with van der Waals surface area (Å²) in [5.41, 5.74) is 7.05. The van der Waals surface area contributed by atoms with E-state index in [0.29, 0.717) is 29.5 Å². The van der Waals surface area contributed by atoms with Crippen LogP contribution in [0.5, 0.6) is 0 Å². The molecule has 2 saturated heterocycles. The summed E-state index contributed by atoms with van der Waals surface area (Å²) in [4.78, 5) is 31.8. The van der Waals surface area contributed by atoms with Crippen molar-refractivity contribution in [3.05, 3.63) is 40.3 Å². The maximum Gasteiger partial charge on any atom is 0.360 e. The minimum Gasteiger partial charge on any atom is -0.476 e. The van der Waals surface area contributed by atoms with E-state index in [4.69, 9.17) is 5.73 Å². The lowest BCUT2D eigenvalue weighted by molar-refractivity contribution is -0.0404. The summed E-state index contributed by atoms with van der Waals surface area (Å²) in [6, 6.07) is 8.16. The molecular weight excluding hydrogens is 404 g/mol. The maximum absolute atomic E-state index is 13.2. The van der Waals surface area contributed by atoms with Gasteiger partial charge in [-0.2, -0.15) is 0 Å². The van der Waals surface area contributed by atoms with Crippen molar-refractivity contribution in [2.45, 2.75) is 88.0 Å². The van der Waals surface area contributed by atoms with Crippen molar-refractivity contribution < 1.29 is 9.90 Å². The molecule has 2 saturated carbocycles. The molecule has 5 atom stereocenters. The first kappa shape index (κ1) is 20.4. The second-order valence-corrected chi connectivity index (χ2v) is 10.8. The van der Waals surface area contributed by atoms with Gasteiger partial charge in [-0.25, -0.2) is 9.78 Å². The average Bonchev–Trinajstić information content (AvgIpc) is 2.97. The summed E-state index contributed by atoms with van der Waals surface area (Å²) in [5, 5.41) is 9.60. The molecule has 2 unspecified atom stereocenters. The first-order chi connectivity index (χ1) is 15.4. The molecule has 2 aliphatic carbocycles. The van der Waals surface area contributed by atoms with E-state index >= 15 is 0 Å². The molecule has 2 aliphatic heterocycles. The van der Waals surface area contributed by atoms with Gasteiger partial charge >= 0.3 is 5.97 Å². The summed E-state index contributed by atoms with van der Waals surface area (Å²) in [7, 11) is 0. The Balaban J connectivity index is 1.37. The number of fused-ring (bicyclic) bond motifs is 5. The Kier molecular flexibility index (Phi) is 4.70. The fourth-order valence-corrected chi connectivity index (χ4v) is 7.73. The van der Waals surface area contributed by atoms with Crippen molar-refractivity contribution in [1.29, 1.82) is 0 Å². The number of aromatic nitrogens is 2. The number of carboxylic acid groups (broad SMARTS) is 1. The smallest absolute Gasteiger partial charge is 0.360 e. The molecule has 6 rings (SSSR count). The van der Waals surface area contributed by atoms with Crippen LogP contribution in [0.1, 0.15) is 80.7 Å². The van der Waals surface area contributed by atoms with Crippen LogP contribution in [0.2, 0.25) is 0 Å². The van der Waals surface area contributed by atoms with Gasteiger partial charge in [0, 0.05) is 18.1 Å². The molecule has 1 aromatic carbocycles. The molecule has 3 heterocycles. The minimum absolute atomic E-state index is 0.106. The zero-order valence-electron chi connectivity index (χ0n) is 18.4. The van der Waals surface area contributed by atoms with Crippen molar-refractivity contribution in [1.82, 2.24) is 14.5 Å². The molecule has 1 aromatic heterocycles. The van der Waals surface area contributed by atoms with E-state index in [1.54, 1.807) is 10.6 Å². The highest BCUT2D eigenvalue weighted by Crippen LogP contribution is 2.51. The molecule has 0 spiro atoms. The predicted octanol–water partition coefficient (Wildman–Crippen LogP) is 3.52. The number of hydrogen-bond donors (Lipinski definition) is 2. The highest BCUT2D eigenvalue weighted by molar-refractivity contribution is 5.88. The molecule has 7 heteroatoms. The van der Waals surface area contributed by atoms with E-state index in [1.165, 1.54) is 38.5 Å². The van der Waals surface area contributed by atoms with Gasteiger partial charge in [0.2, 0.25) is 5.69 Å². The second kappa shape index (κ2) is 7.39. The molecule has 32 heavy (non-hydrogen) atoms. The number of carboxylic acids is 1. The van der Waals surface area contributed by atoms with Gasteiger partial charge in [-0.1, -0.05) is 31.4 Å². The lowest BCUT2D eigenvalue weighted by Crippen LogP contribution is -2.63. The monoisotopic (exact) mass is 436 g/mol. The molecule has 2 aromatic rings. The number of nitrogens with zero attached hydrogens (tertiary/aromatic N) is 3. The van der Waals surface area contributed by atoms with E-state index in [9.17, 15) is 14.7 Å². The van der Waals surface area contributed by atoms with E-state index in [-0.39, 0.29) is 6.04 Å². The van der Waals surface area contributed by atoms with Gasteiger partial charge in [-0.3, -0.25) is 9.69 Å². The van der Waals surface area contributed by atoms with Gasteiger partial charge < -0.3 is 15.4 Å². The fourth-order valence-electron chi connectivity index (χ4n) is 7.73. The molecular formula is C25H32N4O3. The van der Waals surface area contributed by atoms with Crippen LogP contribution < -0.4 is 11.3 Å². The zero-order chi connectivity index (χ0) is 22.0. The Morgan fingerprint density at radius 2 is 1.78 bits per heavy atom. The number of aromatic carboxylic acids is 1. The van der Waals surface area contributed by atoms with Crippen LogP contribution in [0, 0.1) is 11.8 Å². The van der Waals surface area contributed by atoms with Crippen LogP contribution in [0.4, 0.5) is 0 Å². The van der Waals surface area contributed by atoms with Crippen LogP contribution >= 0.6 is 0 Å². The van der Waals surface area contributed by atoms with Crippen molar-refractivity contribution in [2.24, 2.45) is 17.6 Å². The van der Waals surface area contributed by atoms with E-state index in [2.05, 4.69) is 9.88 Å². The summed E-state index contributed by atoms with van der Waals surface area (Å²) in [6.07, 6.45) is 11.6. The van der Waals surface area contributed by atoms with E-state index < -0.39 is 22.9 Å². The number of piperidine rings is 1. The Labute approximate surface area is 187 Å². The number of nitrogens with two attached hydrogens (primary N) is 1. The summed E-state index contributed by atoms with van der Waals surface area (Å²) >= 11 is 0. The predicted molar refractivity (Wildman–Crippen MR) is 121 cm³/mol.